The molecule has 0 saturated carbocycles. The van der Waals surface area contributed by atoms with E-state index in [1.54, 1.807) is 14.0 Å². The normalized spacial score (nSPS) is 12.3. The molecule has 27 heavy (non-hydrogen) atoms. The van der Waals surface area contributed by atoms with Crippen LogP contribution in [0.1, 0.15) is 29.9 Å². The fourth-order valence-corrected chi connectivity index (χ4v) is 2.56. The Morgan fingerprint density at radius 2 is 1.81 bits per heavy atom. The number of fused-ring (bicyclic) bond motifs is 1. The lowest BCUT2D eigenvalue weighted by Gasteiger charge is -2.05. The largest absolute Gasteiger partial charge is 0.497 e. The molecule has 0 aliphatic rings. The predicted molar refractivity (Wildman–Crippen MR) is 109 cm³/mol. The van der Waals surface area contributed by atoms with E-state index in [2.05, 4.69) is 20.5 Å². The third-order valence-electron chi connectivity index (χ3n) is 3.99. The molecule has 0 radical (unpaired) electrons. The van der Waals surface area contributed by atoms with E-state index < -0.39 is 0 Å². The Labute approximate surface area is 156 Å². The lowest BCUT2D eigenvalue weighted by molar-refractivity contribution is 0.102. The van der Waals surface area contributed by atoms with E-state index in [0.717, 1.165) is 27.9 Å². The molecule has 0 bridgehead atoms. The summed E-state index contributed by atoms with van der Waals surface area (Å²) in [6.07, 6.45) is 0. The lowest BCUT2D eigenvalue weighted by atomic mass is 10.1. The molecule has 0 saturated heterocycles. The summed E-state index contributed by atoms with van der Waals surface area (Å²) in [5.74, 6) is 0.916. The van der Waals surface area contributed by atoms with Crippen molar-refractivity contribution in [3.8, 4) is 5.75 Å². The molecule has 138 valence electrons. The minimum Gasteiger partial charge on any atom is -0.497 e. The number of benzene rings is 2. The molecule has 0 spiro atoms. The molecule has 1 aromatic heterocycles. The molecular formula is C20H21N5O2. The summed E-state index contributed by atoms with van der Waals surface area (Å²) < 4.78 is 5.20. The number of hydrogen-bond acceptors (Lipinski definition) is 4. The SMILES string of the molecule is COc1ccc2cc(C(=O)Nc3ccc(/C(C)=N\N=C(C)N)cc3)[nH]c2c1. The Balaban J connectivity index is 1.74. The summed E-state index contributed by atoms with van der Waals surface area (Å²) >= 11 is 0. The number of amides is 1. The average Bonchev–Trinajstić information content (AvgIpc) is 3.10. The van der Waals surface area contributed by atoms with Crippen molar-refractivity contribution in [3.05, 3.63) is 59.8 Å². The number of amidine groups is 1. The number of ether oxygens (including phenoxy) is 1. The Morgan fingerprint density at radius 3 is 2.48 bits per heavy atom. The Bertz CT molecular complexity index is 1030. The summed E-state index contributed by atoms with van der Waals surface area (Å²) in [5.41, 5.74) is 9.13. The summed E-state index contributed by atoms with van der Waals surface area (Å²) in [6, 6.07) is 14.8. The molecule has 0 fully saturated rings. The van der Waals surface area contributed by atoms with Crippen molar-refractivity contribution in [2.75, 3.05) is 12.4 Å². The third-order valence-corrected chi connectivity index (χ3v) is 3.99. The number of aromatic amines is 1. The highest BCUT2D eigenvalue weighted by Gasteiger charge is 2.10. The quantitative estimate of drug-likeness (QED) is 0.367. The molecule has 0 unspecified atom stereocenters. The predicted octanol–water partition coefficient (Wildman–Crippen LogP) is 3.53. The van der Waals surface area contributed by atoms with Crippen LogP contribution in [0.4, 0.5) is 5.69 Å². The van der Waals surface area contributed by atoms with E-state index >= 15 is 0 Å². The van der Waals surface area contributed by atoms with E-state index in [4.69, 9.17) is 10.5 Å². The highest BCUT2D eigenvalue weighted by molar-refractivity contribution is 6.06. The highest BCUT2D eigenvalue weighted by Crippen LogP contribution is 2.22. The van der Waals surface area contributed by atoms with Gasteiger partial charge in [-0.15, -0.1) is 5.10 Å². The molecule has 3 aromatic rings. The van der Waals surface area contributed by atoms with Crippen LogP contribution in [0.5, 0.6) is 5.75 Å². The maximum atomic E-state index is 12.5. The number of nitrogens with zero attached hydrogens (tertiary/aromatic N) is 2. The van der Waals surface area contributed by atoms with Crippen molar-refractivity contribution in [3.63, 3.8) is 0 Å². The monoisotopic (exact) mass is 363 g/mol. The number of methoxy groups -OCH3 is 1. The molecule has 7 nitrogen and oxygen atoms in total. The van der Waals surface area contributed by atoms with Crippen LogP contribution in [-0.2, 0) is 0 Å². The molecule has 2 aromatic carbocycles. The van der Waals surface area contributed by atoms with Crippen LogP contribution in [0.3, 0.4) is 0 Å². The molecule has 1 amide bonds. The first-order valence-corrected chi connectivity index (χ1v) is 8.39. The number of hydrogen-bond donors (Lipinski definition) is 3. The van der Waals surface area contributed by atoms with Crippen LogP contribution < -0.4 is 15.8 Å². The van der Waals surface area contributed by atoms with Gasteiger partial charge in [-0.1, -0.05) is 12.1 Å². The van der Waals surface area contributed by atoms with Gasteiger partial charge in [-0.2, -0.15) is 5.10 Å². The van der Waals surface area contributed by atoms with Gasteiger partial charge in [-0.05, 0) is 49.7 Å². The van der Waals surface area contributed by atoms with E-state index in [1.807, 2.05) is 55.5 Å². The standard InChI is InChI=1S/C20H21N5O2/c1-12(24-25-13(2)21)14-4-7-16(8-5-14)22-20(26)19-10-15-6-9-17(27-3)11-18(15)23-19/h4-11,23H,1-3H3,(H2,21,25)(H,22,26)/b24-12-. The van der Waals surface area contributed by atoms with Gasteiger partial charge in [-0.3, -0.25) is 4.79 Å². The molecular weight excluding hydrogens is 342 g/mol. The number of carbonyl (C=O) groups excluding carboxylic acids is 1. The van der Waals surface area contributed by atoms with E-state index in [1.165, 1.54) is 0 Å². The van der Waals surface area contributed by atoms with Crippen molar-refractivity contribution in [2.24, 2.45) is 15.9 Å². The number of nitrogens with one attached hydrogen (secondary N) is 2. The molecule has 3 rings (SSSR count). The van der Waals surface area contributed by atoms with E-state index in [0.29, 0.717) is 17.2 Å². The van der Waals surface area contributed by atoms with Gasteiger partial charge >= 0.3 is 0 Å². The molecule has 0 atom stereocenters. The molecule has 0 aliphatic carbocycles. The zero-order chi connectivity index (χ0) is 19.4. The lowest BCUT2D eigenvalue weighted by Crippen LogP contribution is -2.12. The molecule has 1 heterocycles. The minimum atomic E-state index is -0.216. The number of nitrogens with two attached hydrogens (primary N) is 1. The van der Waals surface area contributed by atoms with Gasteiger partial charge in [0, 0.05) is 22.7 Å². The molecule has 4 N–H and O–H groups in total. The van der Waals surface area contributed by atoms with Gasteiger partial charge in [0.25, 0.3) is 5.91 Å². The Kier molecular flexibility index (Phi) is 5.21. The number of carbonyl (C=O) groups is 1. The van der Waals surface area contributed by atoms with Gasteiger partial charge in [0.05, 0.1) is 12.8 Å². The van der Waals surface area contributed by atoms with Crippen LogP contribution in [-0.4, -0.2) is 29.5 Å². The molecule has 7 heteroatoms. The topological polar surface area (TPSA) is 105 Å². The second-order valence-corrected chi connectivity index (χ2v) is 6.09. The first-order valence-electron chi connectivity index (χ1n) is 8.39. The number of H-pyrrole nitrogens is 1. The summed E-state index contributed by atoms with van der Waals surface area (Å²) in [7, 11) is 1.61. The van der Waals surface area contributed by atoms with Gasteiger partial charge < -0.3 is 20.8 Å². The van der Waals surface area contributed by atoms with Crippen LogP contribution >= 0.6 is 0 Å². The van der Waals surface area contributed by atoms with E-state index in [-0.39, 0.29) is 5.91 Å². The fraction of sp³-hybridized carbons (Fsp3) is 0.150. The first kappa shape index (κ1) is 18.2. The second kappa shape index (κ2) is 7.74. The third kappa shape index (κ3) is 4.33. The smallest absolute Gasteiger partial charge is 0.272 e. The zero-order valence-corrected chi connectivity index (χ0v) is 15.4. The van der Waals surface area contributed by atoms with Crippen LogP contribution in [0.15, 0.2) is 58.7 Å². The molecule has 0 aliphatic heterocycles. The van der Waals surface area contributed by atoms with Crippen LogP contribution in [0.2, 0.25) is 0 Å². The van der Waals surface area contributed by atoms with Crippen molar-refractivity contribution >= 4 is 34.0 Å². The van der Waals surface area contributed by atoms with Crippen molar-refractivity contribution in [1.29, 1.82) is 0 Å². The van der Waals surface area contributed by atoms with Crippen molar-refractivity contribution in [1.82, 2.24) is 4.98 Å². The minimum absolute atomic E-state index is 0.216. The first-order chi connectivity index (χ1) is 13.0. The second-order valence-electron chi connectivity index (χ2n) is 6.09. The summed E-state index contributed by atoms with van der Waals surface area (Å²) in [5, 5.41) is 11.7. The summed E-state index contributed by atoms with van der Waals surface area (Å²) in [4.78, 5) is 15.6. The van der Waals surface area contributed by atoms with Gasteiger partial charge in [0.15, 0.2) is 0 Å². The fourth-order valence-electron chi connectivity index (χ4n) is 2.56. The number of anilines is 1. The van der Waals surface area contributed by atoms with Crippen molar-refractivity contribution < 1.29 is 9.53 Å². The number of aromatic nitrogens is 1. The highest BCUT2D eigenvalue weighted by atomic mass is 16.5. The van der Waals surface area contributed by atoms with Gasteiger partial charge in [-0.25, -0.2) is 0 Å². The van der Waals surface area contributed by atoms with Gasteiger partial charge in [0.1, 0.15) is 17.3 Å². The van der Waals surface area contributed by atoms with Crippen LogP contribution in [0, 0.1) is 0 Å². The maximum Gasteiger partial charge on any atom is 0.272 e. The average molecular weight is 363 g/mol. The number of rotatable bonds is 5. The van der Waals surface area contributed by atoms with E-state index in [9.17, 15) is 4.79 Å². The van der Waals surface area contributed by atoms with Crippen molar-refractivity contribution in [2.45, 2.75) is 13.8 Å². The maximum absolute atomic E-state index is 12.5. The van der Waals surface area contributed by atoms with Crippen LogP contribution in [0.25, 0.3) is 10.9 Å². The Morgan fingerprint density at radius 1 is 1.07 bits per heavy atom. The Hall–Kier alpha value is -3.61. The summed E-state index contributed by atoms with van der Waals surface area (Å²) in [6.45, 7) is 3.52. The van der Waals surface area contributed by atoms with Gasteiger partial charge in [0.2, 0.25) is 0 Å². The zero-order valence-electron chi connectivity index (χ0n) is 15.4.